The number of thiophene rings is 1. The summed E-state index contributed by atoms with van der Waals surface area (Å²) >= 11 is 1.44. The van der Waals surface area contributed by atoms with E-state index in [-0.39, 0.29) is 23.0 Å². The van der Waals surface area contributed by atoms with Crippen LogP contribution in [0.3, 0.4) is 0 Å². The molecule has 0 aliphatic heterocycles. The Balaban J connectivity index is 2.16. The van der Waals surface area contributed by atoms with Crippen molar-refractivity contribution in [2.75, 3.05) is 6.61 Å². The topological polar surface area (TPSA) is 93.8 Å². The molecule has 0 aliphatic rings. The number of hydrogen-bond donors (Lipinski definition) is 1. The third kappa shape index (κ3) is 2.90. The Bertz CT molecular complexity index is 1030. The molecule has 0 saturated carbocycles. The van der Waals surface area contributed by atoms with Gasteiger partial charge < -0.3 is 14.3 Å². The number of aliphatic carboxylic acids is 1. The second kappa shape index (κ2) is 6.76. The van der Waals surface area contributed by atoms with E-state index in [1.807, 2.05) is 17.5 Å². The molecule has 3 rings (SSSR count). The van der Waals surface area contributed by atoms with Gasteiger partial charge in [0.15, 0.2) is 10.8 Å². The number of esters is 1. The Morgan fingerprint density at radius 3 is 2.65 bits per heavy atom. The summed E-state index contributed by atoms with van der Waals surface area (Å²) < 4.78 is 10.7. The van der Waals surface area contributed by atoms with E-state index in [4.69, 9.17) is 9.15 Å². The summed E-state index contributed by atoms with van der Waals surface area (Å²) in [7, 11) is 0. The smallest absolute Gasteiger partial charge is 0.327 e. The zero-order chi connectivity index (χ0) is 18.9. The van der Waals surface area contributed by atoms with Gasteiger partial charge in [0, 0.05) is 6.07 Å². The normalized spacial score (nSPS) is 13.3. The van der Waals surface area contributed by atoms with E-state index in [2.05, 4.69) is 0 Å². The molecule has 134 valence electrons. The lowest BCUT2D eigenvalue weighted by molar-refractivity contribution is -0.160. The number of ether oxygens (including phenoxy) is 1. The number of carbonyl (C=O) groups is 2. The number of benzene rings is 1. The quantitative estimate of drug-likeness (QED) is 0.545. The van der Waals surface area contributed by atoms with Gasteiger partial charge in [-0.05, 0) is 43.0 Å². The first-order chi connectivity index (χ1) is 12.4. The van der Waals surface area contributed by atoms with Crippen molar-refractivity contribution in [1.29, 1.82) is 0 Å². The van der Waals surface area contributed by atoms with Crippen LogP contribution in [0.15, 0.2) is 51.0 Å². The van der Waals surface area contributed by atoms with Gasteiger partial charge in [-0.2, -0.15) is 0 Å². The molecular weight excluding hydrogens is 356 g/mol. The molecule has 6 nitrogen and oxygen atoms in total. The van der Waals surface area contributed by atoms with Crippen LogP contribution in [0, 0.1) is 0 Å². The maximum atomic E-state index is 12.5. The molecule has 0 radical (unpaired) electrons. The molecule has 2 aromatic heterocycles. The number of carboxylic acids is 1. The standard InChI is InChI=1S/C19H16O6S/c1-3-24-18(23)19(2,17(21)22)11-6-7-14-12(9-11)13(20)10-15(25-14)16-5-4-8-26-16/h4-10H,3H2,1-2H3,(H,21,22). The van der Waals surface area contributed by atoms with Gasteiger partial charge in [-0.15, -0.1) is 11.3 Å². The lowest BCUT2D eigenvalue weighted by atomic mass is 9.82. The van der Waals surface area contributed by atoms with Crippen LogP contribution in [-0.4, -0.2) is 23.7 Å². The molecule has 0 amide bonds. The fourth-order valence-electron chi connectivity index (χ4n) is 2.61. The van der Waals surface area contributed by atoms with Gasteiger partial charge in [0.2, 0.25) is 0 Å². The summed E-state index contributed by atoms with van der Waals surface area (Å²) in [6.07, 6.45) is 0. The molecule has 0 bridgehead atoms. The van der Waals surface area contributed by atoms with E-state index in [0.717, 1.165) is 4.88 Å². The Morgan fingerprint density at radius 1 is 1.27 bits per heavy atom. The average Bonchev–Trinajstić information content (AvgIpc) is 3.15. The van der Waals surface area contributed by atoms with E-state index in [1.165, 1.54) is 42.5 Å². The highest BCUT2D eigenvalue weighted by Crippen LogP contribution is 2.30. The predicted molar refractivity (Wildman–Crippen MR) is 97.4 cm³/mol. The number of hydrogen-bond acceptors (Lipinski definition) is 6. The fourth-order valence-corrected chi connectivity index (χ4v) is 3.29. The zero-order valence-electron chi connectivity index (χ0n) is 14.1. The zero-order valence-corrected chi connectivity index (χ0v) is 15.0. The van der Waals surface area contributed by atoms with Crippen LogP contribution in [0.2, 0.25) is 0 Å². The number of fused-ring (bicyclic) bond motifs is 1. The second-order valence-electron chi connectivity index (χ2n) is 5.81. The van der Waals surface area contributed by atoms with Crippen molar-refractivity contribution in [3.63, 3.8) is 0 Å². The van der Waals surface area contributed by atoms with E-state index in [1.54, 1.807) is 6.92 Å². The average molecular weight is 372 g/mol. The van der Waals surface area contributed by atoms with Crippen LogP contribution in [0.4, 0.5) is 0 Å². The molecule has 7 heteroatoms. The van der Waals surface area contributed by atoms with Crippen molar-refractivity contribution in [3.05, 3.63) is 57.6 Å². The van der Waals surface area contributed by atoms with E-state index in [9.17, 15) is 19.5 Å². The molecule has 0 aliphatic carbocycles. The minimum absolute atomic E-state index is 0.0571. The third-order valence-electron chi connectivity index (χ3n) is 4.18. The summed E-state index contributed by atoms with van der Waals surface area (Å²) in [5.41, 5.74) is -1.75. The van der Waals surface area contributed by atoms with Crippen molar-refractivity contribution in [3.8, 4) is 10.6 Å². The van der Waals surface area contributed by atoms with Crippen molar-refractivity contribution in [2.24, 2.45) is 0 Å². The minimum atomic E-state index is -1.91. The van der Waals surface area contributed by atoms with Crippen molar-refractivity contribution < 1.29 is 23.8 Å². The van der Waals surface area contributed by atoms with Crippen LogP contribution in [0.1, 0.15) is 19.4 Å². The molecule has 1 unspecified atom stereocenters. The minimum Gasteiger partial charge on any atom is -0.480 e. The largest absolute Gasteiger partial charge is 0.480 e. The Labute approximate surface area is 152 Å². The lowest BCUT2D eigenvalue weighted by Crippen LogP contribution is -2.42. The summed E-state index contributed by atoms with van der Waals surface area (Å²) in [5, 5.41) is 11.7. The molecule has 0 saturated heterocycles. The van der Waals surface area contributed by atoms with Gasteiger partial charge >= 0.3 is 11.9 Å². The van der Waals surface area contributed by atoms with Gasteiger partial charge in [0.25, 0.3) is 0 Å². The highest BCUT2D eigenvalue weighted by Gasteiger charge is 2.45. The monoisotopic (exact) mass is 372 g/mol. The van der Waals surface area contributed by atoms with E-state index < -0.39 is 17.4 Å². The lowest BCUT2D eigenvalue weighted by Gasteiger charge is -2.23. The van der Waals surface area contributed by atoms with Gasteiger partial charge in [0.05, 0.1) is 16.9 Å². The molecule has 0 fully saturated rings. The first kappa shape index (κ1) is 17.9. The number of rotatable bonds is 5. The Morgan fingerprint density at radius 2 is 2.04 bits per heavy atom. The summed E-state index contributed by atoms with van der Waals surface area (Å²) in [6.45, 7) is 2.92. The maximum absolute atomic E-state index is 12.5. The third-order valence-corrected chi connectivity index (χ3v) is 5.06. The molecular formula is C19H16O6S. The van der Waals surface area contributed by atoms with Crippen LogP contribution in [0.25, 0.3) is 21.6 Å². The summed E-state index contributed by atoms with van der Waals surface area (Å²) in [4.78, 5) is 37.3. The summed E-state index contributed by atoms with van der Waals surface area (Å²) in [6, 6.07) is 9.40. The second-order valence-corrected chi connectivity index (χ2v) is 6.76. The molecule has 0 spiro atoms. The summed E-state index contributed by atoms with van der Waals surface area (Å²) in [5.74, 6) is -1.79. The van der Waals surface area contributed by atoms with E-state index >= 15 is 0 Å². The molecule has 1 aromatic carbocycles. The fraction of sp³-hybridized carbons (Fsp3) is 0.211. The Kier molecular flexibility index (Phi) is 4.65. The number of carboxylic acid groups (broad SMARTS) is 1. The molecule has 2 heterocycles. The molecule has 3 aromatic rings. The van der Waals surface area contributed by atoms with Gasteiger partial charge in [-0.1, -0.05) is 12.1 Å². The Hall–Kier alpha value is -2.93. The highest BCUT2D eigenvalue weighted by molar-refractivity contribution is 7.13. The highest BCUT2D eigenvalue weighted by atomic mass is 32.1. The van der Waals surface area contributed by atoms with Crippen molar-refractivity contribution in [2.45, 2.75) is 19.3 Å². The molecule has 1 atom stereocenters. The van der Waals surface area contributed by atoms with Crippen molar-refractivity contribution in [1.82, 2.24) is 0 Å². The maximum Gasteiger partial charge on any atom is 0.327 e. The van der Waals surface area contributed by atoms with Crippen LogP contribution in [0.5, 0.6) is 0 Å². The number of carbonyl (C=O) groups excluding carboxylic acids is 1. The first-order valence-corrected chi connectivity index (χ1v) is 8.78. The van der Waals surface area contributed by atoms with Gasteiger partial charge in [0.1, 0.15) is 11.3 Å². The molecule has 26 heavy (non-hydrogen) atoms. The van der Waals surface area contributed by atoms with Crippen LogP contribution in [-0.2, 0) is 19.7 Å². The molecule has 1 N–H and O–H groups in total. The van der Waals surface area contributed by atoms with Crippen LogP contribution < -0.4 is 5.43 Å². The van der Waals surface area contributed by atoms with Gasteiger partial charge in [-0.25, -0.2) is 0 Å². The van der Waals surface area contributed by atoms with Crippen molar-refractivity contribution >= 4 is 34.2 Å². The first-order valence-electron chi connectivity index (χ1n) is 7.90. The SMILES string of the molecule is CCOC(=O)C(C)(C(=O)O)c1ccc2oc(-c3cccs3)cc(=O)c2c1. The van der Waals surface area contributed by atoms with Crippen LogP contribution >= 0.6 is 11.3 Å². The van der Waals surface area contributed by atoms with E-state index in [0.29, 0.717) is 11.3 Å². The van der Waals surface area contributed by atoms with Gasteiger partial charge in [-0.3, -0.25) is 14.4 Å². The predicted octanol–water partition coefficient (Wildman–Crippen LogP) is 3.43.